The van der Waals surface area contributed by atoms with Gasteiger partial charge in [-0.25, -0.2) is 0 Å². The third-order valence-corrected chi connectivity index (χ3v) is 4.20. The highest BCUT2D eigenvalue weighted by Crippen LogP contribution is 2.37. The van der Waals surface area contributed by atoms with Crippen molar-refractivity contribution in [2.24, 2.45) is 0 Å². The lowest BCUT2D eigenvalue weighted by Gasteiger charge is -2.38. The first-order chi connectivity index (χ1) is 9.76. The molecule has 20 heavy (non-hydrogen) atoms. The average molecular weight is 277 g/mol. The Labute approximate surface area is 122 Å². The number of methoxy groups -OCH3 is 2. The van der Waals surface area contributed by atoms with Gasteiger partial charge in [-0.15, -0.1) is 0 Å². The summed E-state index contributed by atoms with van der Waals surface area (Å²) in [5.74, 6) is 1.63. The van der Waals surface area contributed by atoms with Crippen LogP contribution in [0.2, 0.25) is 0 Å². The predicted molar refractivity (Wildman–Crippen MR) is 82.5 cm³/mol. The van der Waals surface area contributed by atoms with E-state index in [4.69, 9.17) is 9.47 Å². The van der Waals surface area contributed by atoms with Crippen LogP contribution >= 0.6 is 0 Å². The molecule has 1 aromatic rings. The monoisotopic (exact) mass is 277 g/mol. The predicted octanol–water partition coefficient (Wildman–Crippen LogP) is 3.35. The fraction of sp³-hybridized carbons (Fsp3) is 0.647. The minimum absolute atomic E-state index is 0.506. The minimum Gasteiger partial charge on any atom is -0.497 e. The fourth-order valence-electron chi connectivity index (χ4n) is 3.00. The number of nitrogens with one attached hydrogen (secondary N) is 1. The van der Waals surface area contributed by atoms with Gasteiger partial charge in [0.05, 0.1) is 13.7 Å². The number of hydrogen-bond donors (Lipinski definition) is 1. The van der Waals surface area contributed by atoms with E-state index >= 15 is 0 Å². The molecule has 3 heteroatoms. The molecule has 0 aromatic heterocycles. The van der Waals surface area contributed by atoms with Gasteiger partial charge in [0.2, 0.25) is 0 Å². The molecular weight excluding hydrogens is 250 g/mol. The highest BCUT2D eigenvalue weighted by molar-refractivity contribution is 5.30. The molecule has 3 nitrogen and oxygen atoms in total. The molecular formula is C17H27NO2. The van der Waals surface area contributed by atoms with Gasteiger partial charge in [0, 0.05) is 19.2 Å². The largest absolute Gasteiger partial charge is 0.497 e. The first kappa shape index (κ1) is 15.3. The summed E-state index contributed by atoms with van der Waals surface area (Å²) in [6, 6.07) is 9.65. The maximum absolute atomic E-state index is 5.29. The van der Waals surface area contributed by atoms with Crippen LogP contribution in [0.3, 0.4) is 0 Å². The molecule has 0 radical (unpaired) electrons. The number of benzene rings is 1. The Bertz CT molecular complexity index is 378. The van der Waals surface area contributed by atoms with Crippen LogP contribution in [-0.2, 0) is 4.74 Å². The molecule has 1 unspecified atom stereocenters. The standard InChI is InChI=1S/C17H27NO2/c1-4-5-15(12-19-2)18-16-10-14(11-16)13-6-8-17(20-3)9-7-13/h6-9,14-16,18H,4-5,10-12H2,1-3H3. The Kier molecular flexibility index (Phi) is 5.86. The SMILES string of the molecule is CCCC(COC)NC1CC(c2ccc(OC)cc2)C1. The second kappa shape index (κ2) is 7.65. The van der Waals surface area contributed by atoms with Gasteiger partial charge >= 0.3 is 0 Å². The van der Waals surface area contributed by atoms with Crippen molar-refractivity contribution in [1.82, 2.24) is 5.32 Å². The zero-order chi connectivity index (χ0) is 14.4. The molecule has 0 bridgehead atoms. The van der Waals surface area contributed by atoms with Crippen LogP contribution in [0.5, 0.6) is 5.75 Å². The maximum Gasteiger partial charge on any atom is 0.118 e. The van der Waals surface area contributed by atoms with Gasteiger partial charge in [-0.05, 0) is 42.9 Å². The molecule has 1 saturated carbocycles. The van der Waals surface area contributed by atoms with Gasteiger partial charge in [0.1, 0.15) is 5.75 Å². The third kappa shape index (κ3) is 3.97. The maximum atomic E-state index is 5.29. The summed E-state index contributed by atoms with van der Waals surface area (Å²) in [5.41, 5.74) is 1.43. The van der Waals surface area contributed by atoms with Gasteiger partial charge in [-0.2, -0.15) is 0 Å². The molecule has 1 atom stereocenters. The van der Waals surface area contributed by atoms with Crippen molar-refractivity contribution >= 4 is 0 Å². The van der Waals surface area contributed by atoms with Crippen molar-refractivity contribution in [3.63, 3.8) is 0 Å². The molecule has 1 aromatic carbocycles. The van der Waals surface area contributed by atoms with Crippen LogP contribution in [0.25, 0.3) is 0 Å². The summed E-state index contributed by atoms with van der Waals surface area (Å²) < 4.78 is 10.5. The fourth-order valence-corrected chi connectivity index (χ4v) is 3.00. The number of hydrogen-bond acceptors (Lipinski definition) is 3. The smallest absolute Gasteiger partial charge is 0.118 e. The van der Waals surface area contributed by atoms with Crippen molar-refractivity contribution in [1.29, 1.82) is 0 Å². The van der Waals surface area contributed by atoms with E-state index in [0.717, 1.165) is 12.4 Å². The highest BCUT2D eigenvalue weighted by atomic mass is 16.5. The molecule has 1 aliphatic carbocycles. The van der Waals surface area contributed by atoms with Crippen LogP contribution in [0.15, 0.2) is 24.3 Å². The molecule has 1 N–H and O–H groups in total. The van der Waals surface area contributed by atoms with Crippen LogP contribution in [0, 0.1) is 0 Å². The summed E-state index contributed by atoms with van der Waals surface area (Å²) in [4.78, 5) is 0. The Morgan fingerprint density at radius 3 is 2.45 bits per heavy atom. The summed E-state index contributed by atoms with van der Waals surface area (Å²) >= 11 is 0. The van der Waals surface area contributed by atoms with Gasteiger partial charge in [0.15, 0.2) is 0 Å². The van der Waals surface area contributed by atoms with Crippen molar-refractivity contribution < 1.29 is 9.47 Å². The normalized spacial score (nSPS) is 23.1. The second-order valence-electron chi connectivity index (χ2n) is 5.75. The molecule has 112 valence electrons. The van der Waals surface area contributed by atoms with E-state index in [1.54, 1.807) is 14.2 Å². The van der Waals surface area contributed by atoms with Gasteiger partial charge < -0.3 is 14.8 Å². The Morgan fingerprint density at radius 2 is 1.90 bits per heavy atom. The zero-order valence-corrected chi connectivity index (χ0v) is 12.9. The van der Waals surface area contributed by atoms with E-state index in [2.05, 4.69) is 36.5 Å². The van der Waals surface area contributed by atoms with Crippen molar-refractivity contribution in [2.75, 3.05) is 20.8 Å². The second-order valence-corrected chi connectivity index (χ2v) is 5.75. The summed E-state index contributed by atoms with van der Waals surface area (Å²) in [6.07, 6.45) is 4.86. The molecule has 1 fully saturated rings. The molecule has 0 amide bonds. The first-order valence-electron chi connectivity index (χ1n) is 7.65. The average Bonchev–Trinajstić information content (AvgIpc) is 2.43. The Morgan fingerprint density at radius 1 is 1.20 bits per heavy atom. The van der Waals surface area contributed by atoms with E-state index in [1.165, 1.54) is 31.2 Å². The van der Waals surface area contributed by atoms with Gasteiger partial charge in [-0.1, -0.05) is 25.5 Å². The van der Waals surface area contributed by atoms with Crippen LogP contribution in [0.4, 0.5) is 0 Å². The first-order valence-corrected chi connectivity index (χ1v) is 7.65. The lowest BCUT2D eigenvalue weighted by atomic mass is 9.75. The number of ether oxygens (including phenoxy) is 2. The van der Waals surface area contributed by atoms with Gasteiger partial charge in [0.25, 0.3) is 0 Å². The lowest BCUT2D eigenvalue weighted by molar-refractivity contribution is 0.141. The molecule has 1 aliphatic rings. The topological polar surface area (TPSA) is 30.5 Å². The summed E-state index contributed by atoms with van der Waals surface area (Å²) in [6.45, 7) is 3.04. The summed E-state index contributed by atoms with van der Waals surface area (Å²) in [5, 5.41) is 3.73. The van der Waals surface area contributed by atoms with Crippen LogP contribution in [-0.4, -0.2) is 32.9 Å². The van der Waals surface area contributed by atoms with Crippen molar-refractivity contribution in [2.45, 2.75) is 50.6 Å². The molecule has 0 aliphatic heterocycles. The summed E-state index contributed by atoms with van der Waals surface area (Å²) in [7, 11) is 3.49. The van der Waals surface area contributed by atoms with Crippen LogP contribution < -0.4 is 10.1 Å². The van der Waals surface area contributed by atoms with Crippen molar-refractivity contribution in [3.05, 3.63) is 29.8 Å². The quantitative estimate of drug-likeness (QED) is 0.790. The zero-order valence-electron chi connectivity index (χ0n) is 12.9. The highest BCUT2D eigenvalue weighted by Gasteiger charge is 2.31. The van der Waals surface area contributed by atoms with Crippen molar-refractivity contribution in [3.8, 4) is 5.75 Å². The number of rotatable bonds is 8. The Hall–Kier alpha value is -1.06. The minimum atomic E-state index is 0.506. The van der Waals surface area contributed by atoms with Crippen LogP contribution in [0.1, 0.15) is 44.1 Å². The molecule has 0 heterocycles. The lowest BCUT2D eigenvalue weighted by Crippen LogP contribution is -2.47. The van der Waals surface area contributed by atoms with E-state index < -0.39 is 0 Å². The molecule has 0 saturated heterocycles. The van der Waals surface area contributed by atoms with E-state index in [-0.39, 0.29) is 0 Å². The molecule has 2 rings (SSSR count). The molecule has 0 spiro atoms. The van der Waals surface area contributed by atoms with E-state index in [1.807, 2.05) is 0 Å². The van der Waals surface area contributed by atoms with E-state index in [9.17, 15) is 0 Å². The third-order valence-electron chi connectivity index (χ3n) is 4.20. The van der Waals surface area contributed by atoms with E-state index in [0.29, 0.717) is 18.0 Å². The Balaban J connectivity index is 1.78. The van der Waals surface area contributed by atoms with Gasteiger partial charge in [-0.3, -0.25) is 0 Å².